The summed E-state index contributed by atoms with van der Waals surface area (Å²) >= 11 is 0. The zero-order valence-electron chi connectivity index (χ0n) is 17.0. The minimum atomic E-state index is -4.43. The number of hydrogen-bond donors (Lipinski definition) is 2. The van der Waals surface area contributed by atoms with E-state index in [0.29, 0.717) is 16.7 Å². The normalized spacial score (nSPS) is 14.4. The highest BCUT2D eigenvalue weighted by atomic mass is 19.4. The first-order valence-corrected chi connectivity index (χ1v) is 9.60. The number of carbonyl (C=O) groups excluding carboxylic acids is 2. The topological polar surface area (TPSA) is 91.8 Å². The average molecular weight is 437 g/mol. The van der Waals surface area contributed by atoms with Crippen LogP contribution in [0, 0.1) is 6.92 Å². The van der Waals surface area contributed by atoms with Crippen LogP contribution in [0.5, 0.6) is 5.75 Å². The number of aryl methyl sites for hydroxylation is 1. The molecule has 0 bridgehead atoms. The van der Waals surface area contributed by atoms with E-state index in [1.165, 1.54) is 12.3 Å². The van der Waals surface area contributed by atoms with Gasteiger partial charge < -0.3 is 20.1 Å². The zero-order chi connectivity index (χ0) is 22.8. The summed E-state index contributed by atoms with van der Waals surface area (Å²) in [6, 6.07) is 5.90. The maximum absolute atomic E-state index is 12.9. The van der Waals surface area contributed by atoms with Gasteiger partial charge in [0.05, 0.1) is 12.6 Å². The molecule has 1 aromatic heterocycles. The van der Waals surface area contributed by atoms with Gasteiger partial charge in [-0.25, -0.2) is 0 Å². The molecule has 31 heavy (non-hydrogen) atoms. The van der Waals surface area contributed by atoms with Gasteiger partial charge >= 0.3 is 6.18 Å². The molecule has 0 radical (unpaired) electrons. The molecule has 0 saturated carbocycles. The second-order valence-electron chi connectivity index (χ2n) is 7.20. The number of aliphatic hydroxyl groups excluding tert-OH is 1. The summed E-state index contributed by atoms with van der Waals surface area (Å²) in [6.07, 6.45) is -3.04. The van der Waals surface area contributed by atoms with Crippen molar-refractivity contribution in [3.05, 3.63) is 58.4 Å². The highest BCUT2D eigenvalue weighted by molar-refractivity contribution is 6.03. The quantitative estimate of drug-likeness (QED) is 0.695. The van der Waals surface area contributed by atoms with Crippen molar-refractivity contribution in [2.45, 2.75) is 32.6 Å². The van der Waals surface area contributed by atoms with Crippen molar-refractivity contribution in [1.29, 1.82) is 0 Å². The fraction of sp³-hybridized carbons (Fsp3) is 0.381. The van der Waals surface area contributed by atoms with Gasteiger partial charge in [0.15, 0.2) is 6.61 Å². The Balaban J connectivity index is 1.80. The molecule has 0 aliphatic carbocycles. The molecule has 166 valence electrons. The maximum atomic E-state index is 12.9. The molecule has 0 spiro atoms. The molecule has 1 aliphatic rings. The number of pyridine rings is 1. The smallest absolute Gasteiger partial charge is 0.422 e. The van der Waals surface area contributed by atoms with Crippen molar-refractivity contribution < 1.29 is 32.6 Å². The number of halogens is 3. The van der Waals surface area contributed by atoms with Crippen LogP contribution in [0.4, 0.5) is 13.2 Å². The second-order valence-corrected chi connectivity index (χ2v) is 7.20. The summed E-state index contributed by atoms with van der Waals surface area (Å²) in [5.74, 6) is -0.622. The number of ether oxygens (including phenoxy) is 1. The Labute approximate surface area is 176 Å². The highest BCUT2D eigenvalue weighted by Gasteiger charge is 2.35. The van der Waals surface area contributed by atoms with Gasteiger partial charge in [-0.3, -0.25) is 14.6 Å². The number of nitrogens with one attached hydrogen (secondary N) is 1. The van der Waals surface area contributed by atoms with Crippen molar-refractivity contribution in [3.8, 4) is 5.75 Å². The number of amides is 2. The van der Waals surface area contributed by atoms with Gasteiger partial charge in [0, 0.05) is 30.4 Å². The third-order valence-electron chi connectivity index (χ3n) is 5.03. The van der Waals surface area contributed by atoms with Crippen molar-refractivity contribution in [1.82, 2.24) is 15.2 Å². The monoisotopic (exact) mass is 437 g/mol. The molecule has 2 amide bonds. The van der Waals surface area contributed by atoms with Crippen molar-refractivity contribution in [2.75, 3.05) is 19.8 Å². The lowest BCUT2D eigenvalue weighted by Crippen LogP contribution is -2.29. The number of aromatic nitrogens is 1. The van der Waals surface area contributed by atoms with Gasteiger partial charge in [0.25, 0.3) is 11.8 Å². The number of fused-ring (bicyclic) bond motifs is 1. The number of hydrogen-bond acceptors (Lipinski definition) is 5. The molecule has 1 atom stereocenters. The van der Waals surface area contributed by atoms with Crippen LogP contribution in [0.2, 0.25) is 0 Å². The van der Waals surface area contributed by atoms with E-state index in [0.717, 1.165) is 5.56 Å². The van der Waals surface area contributed by atoms with Crippen LogP contribution in [0.25, 0.3) is 0 Å². The van der Waals surface area contributed by atoms with E-state index in [4.69, 9.17) is 9.84 Å². The van der Waals surface area contributed by atoms with Crippen molar-refractivity contribution >= 4 is 11.8 Å². The first-order chi connectivity index (χ1) is 14.6. The minimum absolute atomic E-state index is 0.0697. The van der Waals surface area contributed by atoms with Gasteiger partial charge in [-0.05, 0) is 37.1 Å². The molecule has 2 aromatic rings. The molecular formula is C21H22F3N3O4. The maximum Gasteiger partial charge on any atom is 0.422 e. The minimum Gasteiger partial charge on any atom is -0.484 e. The first kappa shape index (κ1) is 22.5. The molecule has 1 aliphatic heterocycles. The lowest BCUT2D eigenvalue weighted by Gasteiger charge is -2.25. The molecule has 3 rings (SSSR count). The van der Waals surface area contributed by atoms with Crippen LogP contribution < -0.4 is 10.1 Å². The van der Waals surface area contributed by atoms with Crippen LogP contribution in [-0.4, -0.2) is 52.7 Å². The van der Waals surface area contributed by atoms with Crippen LogP contribution in [0.1, 0.15) is 50.5 Å². The molecule has 7 nitrogen and oxygen atoms in total. The zero-order valence-corrected chi connectivity index (χ0v) is 17.0. The molecule has 1 aromatic carbocycles. The van der Waals surface area contributed by atoms with Gasteiger partial charge in [-0.15, -0.1) is 0 Å². The summed E-state index contributed by atoms with van der Waals surface area (Å²) in [5.41, 5.74) is 2.23. The SMILES string of the molecule is Cc1cc(C(C)N2Cc3c(ccnc3C(=O)NCCO)C2=O)ccc1OCC(F)(F)F. The van der Waals surface area contributed by atoms with Crippen LogP contribution >= 0.6 is 0 Å². The van der Waals surface area contributed by atoms with Crippen LogP contribution in [0.3, 0.4) is 0 Å². The predicted octanol–water partition coefficient (Wildman–Crippen LogP) is 2.77. The van der Waals surface area contributed by atoms with E-state index in [2.05, 4.69) is 10.3 Å². The van der Waals surface area contributed by atoms with E-state index in [-0.39, 0.29) is 37.0 Å². The predicted molar refractivity (Wildman–Crippen MR) is 105 cm³/mol. The highest BCUT2D eigenvalue weighted by Crippen LogP contribution is 2.34. The summed E-state index contributed by atoms with van der Waals surface area (Å²) in [4.78, 5) is 30.9. The third kappa shape index (κ3) is 4.96. The fourth-order valence-corrected chi connectivity index (χ4v) is 3.45. The average Bonchev–Trinajstić information content (AvgIpc) is 3.06. The number of rotatable bonds is 7. The van der Waals surface area contributed by atoms with E-state index in [1.54, 1.807) is 36.9 Å². The largest absolute Gasteiger partial charge is 0.484 e. The molecule has 0 fully saturated rings. The number of aliphatic hydroxyl groups is 1. The van der Waals surface area contributed by atoms with Gasteiger partial charge in [0.2, 0.25) is 0 Å². The van der Waals surface area contributed by atoms with Crippen LogP contribution in [0.15, 0.2) is 30.5 Å². The summed E-state index contributed by atoms with van der Waals surface area (Å²) in [6.45, 7) is 2.07. The molecule has 0 saturated heterocycles. The van der Waals surface area contributed by atoms with E-state index >= 15 is 0 Å². The number of alkyl halides is 3. The molecular weight excluding hydrogens is 415 g/mol. The fourth-order valence-electron chi connectivity index (χ4n) is 3.45. The molecule has 10 heteroatoms. The Bertz CT molecular complexity index is 994. The number of benzene rings is 1. The Hall–Kier alpha value is -3.14. The number of carbonyl (C=O) groups is 2. The van der Waals surface area contributed by atoms with Crippen molar-refractivity contribution in [2.24, 2.45) is 0 Å². The van der Waals surface area contributed by atoms with Gasteiger partial charge in [-0.1, -0.05) is 12.1 Å². The number of nitrogens with zero attached hydrogens (tertiary/aromatic N) is 2. The summed E-state index contributed by atoms with van der Waals surface area (Å²) in [5, 5.41) is 11.4. The second kappa shape index (κ2) is 8.93. The standard InChI is InChI=1S/C21H22F3N3O4/c1-12-9-14(3-4-17(12)31-11-21(22,23)24)13(2)27-10-16-15(20(27)30)5-6-25-18(16)19(29)26-7-8-28/h3-6,9,13,28H,7-8,10-11H2,1-2H3,(H,26,29). The summed E-state index contributed by atoms with van der Waals surface area (Å²) < 4.78 is 42.0. The van der Waals surface area contributed by atoms with Crippen molar-refractivity contribution in [3.63, 3.8) is 0 Å². The van der Waals surface area contributed by atoms with Crippen LogP contribution in [-0.2, 0) is 6.54 Å². The van der Waals surface area contributed by atoms with Gasteiger partial charge in [-0.2, -0.15) is 13.2 Å². The third-order valence-corrected chi connectivity index (χ3v) is 5.03. The molecule has 2 heterocycles. The lowest BCUT2D eigenvalue weighted by atomic mass is 10.0. The Kier molecular flexibility index (Phi) is 6.49. The molecule has 2 N–H and O–H groups in total. The Morgan fingerprint density at radius 3 is 2.74 bits per heavy atom. The Morgan fingerprint density at radius 1 is 1.35 bits per heavy atom. The van der Waals surface area contributed by atoms with E-state index < -0.39 is 24.7 Å². The lowest BCUT2D eigenvalue weighted by molar-refractivity contribution is -0.153. The van der Waals surface area contributed by atoms with E-state index in [1.807, 2.05) is 0 Å². The Morgan fingerprint density at radius 2 is 2.10 bits per heavy atom. The van der Waals surface area contributed by atoms with E-state index in [9.17, 15) is 22.8 Å². The summed E-state index contributed by atoms with van der Waals surface area (Å²) in [7, 11) is 0. The van der Waals surface area contributed by atoms with Gasteiger partial charge in [0.1, 0.15) is 11.4 Å². The first-order valence-electron chi connectivity index (χ1n) is 9.60. The molecule has 1 unspecified atom stereocenters.